The average Bonchev–Trinajstić information content (AvgIpc) is 2.04. The minimum absolute atomic E-state index is 0.411. The molecule has 1 aliphatic rings. The summed E-state index contributed by atoms with van der Waals surface area (Å²) < 4.78 is 25.8. The monoisotopic (exact) mass is 166 g/mol. The number of halogens is 2. The van der Waals surface area contributed by atoms with E-state index in [9.17, 15) is 8.78 Å². The summed E-state index contributed by atoms with van der Waals surface area (Å²) in [6.45, 7) is 0. The minimum Gasteiger partial charge on any atom is -0.207 e. The second kappa shape index (κ2) is 2.85. The van der Waals surface area contributed by atoms with Crippen LogP contribution in [0.15, 0.2) is 12.1 Å². The Morgan fingerprint density at radius 1 is 1.25 bits per heavy atom. The first-order chi connectivity index (χ1) is 5.77. The second-order valence-electron chi connectivity index (χ2n) is 2.95. The SMILES string of the molecule is Fc1cc(F)c2c(c1)C[C]CC2. The highest BCUT2D eigenvalue weighted by atomic mass is 19.1. The van der Waals surface area contributed by atoms with Gasteiger partial charge < -0.3 is 0 Å². The molecule has 0 fully saturated rings. The summed E-state index contributed by atoms with van der Waals surface area (Å²) in [4.78, 5) is 0. The van der Waals surface area contributed by atoms with E-state index in [1.165, 1.54) is 6.07 Å². The molecule has 1 aromatic carbocycles. The molecule has 0 bridgehead atoms. The number of fused-ring (bicyclic) bond motifs is 1. The highest BCUT2D eigenvalue weighted by Crippen LogP contribution is 2.23. The van der Waals surface area contributed by atoms with Crippen LogP contribution in [0.2, 0.25) is 0 Å². The number of hydrogen-bond acceptors (Lipinski definition) is 0. The molecule has 62 valence electrons. The van der Waals surface area contributed by atoms with Crippen LogP contribution in [0.4, 0.5) is 8.78 Å². The molecule has 2 radical (unpaired) electrons. The topological polar surface area (TPSA) is 0 Å². The molecule has 1 aromatic rings. The van der Waals surface area contributed by atoms with Crippen LogP contribution in [0.25, 0.3) is 0 Å². The first-order valence-electron chi connectivity index (χ1n) is 3.95. The van der Waals surface area contributed by atoms with Gasteiger partial charge in [0.25, 0.3) is 0 Å². The Labute approximate surface area is 70.2 Å². The molecule has 0 saturated carbocycles. The summed E-state index contributed by atoms with van der Waals surface area (Å²) in [6.07, 6.45) is 5.06. The van der Waals surface area contributed by atoms with Gasteiger partial charge in [0, 0.05) is 6.07 Å². The maximum Gasteiger partial charge on any atom is 0.129 e. The van der Waals surface area contributed by atoms with Crippen molar-refractivity contribution in [3.05, 3.63) is 41.3 Å². The molecular formula is C10H8F2. The third-order valence-electron chi connectivity index (χ3n) is 2.12. The highest BCUT2D eigenvalue weighted by molar-refractivity contribution is 5.33. The number of benzene rings is 1. The molecule has 2 rings (SSSR count). The Morgan fingerprint density at radius 3 is 2.92 bits per heavy atom. The molecule has 0 spiro atoms. The summed E-state index contributed by atoms with van der Waals surface area (Å²) in [6, 6.07) is 2.34. The van der Waals surface area contributed by atoms with Crippen molar-refractivity contribution in [2.24, 2.45) is 0 Å². The van der Waals surface area contributed by atoms with Crippen molar-refractivity contribution in [2.45, 2.75) is 19.3 Å². The van der Waals surface area contributed by atoms with Gasteiger partial charge in [-0.05, 0) is 42.9 Å². The van der Waals surface area contributed by atoms with E-state index < -0.39 is 11.6 Å². The molecular weight excluding hydrogens is 158 g/mol. The third-order valence-corrected chi connectivity index (χ3v) is 2.12. The van der Waals surface area contributed by atoms with Crippen molar-refractivity contribution in [3.8, 4) is 0 Å². The largest absolute Gasteiger partial charge is 0.207 e. The quantitative estimate of drug-likeness (QED) is 0.555. The fourth-order valence-electron chi connectivity index (χ4n) is 1.53. The summed E-state index contributed by atoms with van der Waals surface area (Å²) in [5, 5.41) is 0. The Balaban J connectivity index is 2.53. The fourth-order valence-corrected chi connectivity index (χ4v) is 1.53. The van der Waals surface area contributed by atoms with Crippen LogP contribution in [0, 0.1) is 18.1 Å². The van der Waals surface area contributed by atoms with Crippen LogP contribution in [-0.2, 0) is 12.8 Å². The Morgan fingerprint density at radius 2 is 2.08 bits per heavy atom. The van der Waals surface area contributed by atoms with E-state index in [2.05, 4.69) is 6.42 Å². The van der Waals surface area contributed by atoms with Gasteiger partial charge in [-0.2, -0.15) is 0 Å². The van der Waals surface area contributed by atoms with Gasteiger partial charge in [0.15, 0.2) is 0 Å². The van der Waals surface area contributed by atoms with Crippen molar-refractivity contribution >= 4 is 0 Å². The lowest BCUT2D eigenvalue weighted by molar-refractivity contribution is 0.561. The molecule has 0 saturated heterocycles. The van der Waals surface area contributed by atoms with Crippen molar-refractivity contribution in [1.82, 2.24) is 0 Å². The maximum atomic E-state index is 13.1. The predicted octanol–water partition coefficient (Wildman–Crippen LogP) is 2.53. The van der Waals surface area contributed by atoms with Crippen molar-refractivity contribution in [1.29, 1.82) is 0 Å². The van der Waals surface area contributed by atoms with Crippen LogP contribution in [0.1, 0.15) is 17.5 Å². The average molecular weight is 166 g/mol. The summed E-state index contributed by atoms with van der Waals surface area (Å²) >= 11 is 0. The zero-order chi connectivity index (χ0) is 8.55. The standard InChI is InChI=1S/C10H8F2/c11-8-5-7-3-1-2-4-9(7)10(12)6-8/h5-6H,2-4H2. The first kappa shape index (κ1) is 7.71. The van der Waals surface area contributed by atoms with Crippen molar-refractivity contribution in [3.63, 3.8) is 0 Å². The molecule has 0 aliphatic heterocycles. The third kappa shape index (κ3) is 1.22. The smallest absolute Gasteiger partial charge is 0.129 e. The molecule has 0 nitrogen and oxygen atoms in total. The molecule has 0 N–H and O–H groups in total. The normalized spacial score (nSPS) is 15.8. The molecule has 2 heteroatoms. The summed E-state index contributed by atoms with van der Waals surface area (Å²) in [5.74, 6) is -0.901. The zero-order valence-corrected chi connectivity index (χ0v) is 6.53. The van der Waals surface area contributed by atoms with Gasteiger partial charge in [0.1, 0.15) is 11.6 Å². The lowest BCUT2D eigenvalue weighted by Gasteiger charge is -2.15. The Kier molecular flexibility index (Phi) is 1.83. The lowest BCUT2D eigenvalue weighted by Crippen LogP contribution is -2.06. The molecule has 0 heterocycles. The van der Waals surface area contributed by atoms with Gasteiger partial charge in [0.2, 0.25) is 0 Å². The fraction of sp³-hybridized carbons (Fsp3) is 0.300. The van der Waals surface area contributed by atoms with Crippen LogP contribution >= 0.6 is 0 Å². The van der Waals surface area contributed by atoms with E-state index in [1.807, 2.05) is 0 Å². The molecule has 0 aromatic heterocycles. The summed E-state index contributed by atoms with van der Waals surface area (Å²) in [7, 11) is 0. The van der Waals surface area contributed by atoms with E-state index >= 15 is 0 Å². The molecule has 0 atom stereocenters. The van der Waals surface area contributed by atoms with Gasteiger partial charge in [-0.3, -0.25) is 0 Å². The van der Waals surface area contributed by atoms with Crippen molar-refractivity contribution < 1.29 is 8.78 Å². The second-order valence-corrected chi connectivity index (χ2v) is 2.95. The Hall–Kier alpha value is -0.920. The molecule has 0 unspecified atom stereocenters. The first-order valence-corrected chi connectivity index (χ1v) is 3.95. The van der Waals surface area contributed by atoms with Gasteiger partial charge in [-0.25, -0.2) is 8.78 Å². The molecule has 12 heavy (non-hydrogen) atoms. The van der Waals surface area contributed by atoms with Gasteiger partial charge in [-0.15, -0.1) is 0 Å². The van der Waals surface area contributed by atoms with E-state index in [0.29, 0.717) is 18.4 Å². The van der Waals surface area contributed by atoms with Crippen molar-refractivity contribution in [2.75, 3.05) is 0 Å². The van der Waals surface area contributed by atoms with Crippen LogP contribution in [0.3, 0.4) is 0 Å². The molecule has 0 amide bonds. The van der Waals surface area contributed by atoms with Gasteiger partial charge >= 0.3 is 0 Å². The predicted molar refractivity (Wildman–Crippen MR) is 41.6 cm³/mol. The van der Waals surface area contributed by atoms with E-state index in [1.54, 1.807) is 0 Å². The van der Waals surface area contributed by atoms with Crippen LogP contribution in [0.5, 0.6) is 0 Å². The van der Waals surface area contributed by atoms with E-state index in [0.717, 1.165) is 18.1 Å². The summed E-state index contributed by atoms with van der Waals surface area (Å²) in [5.41, 5.74) is 1.41. The van der Waals surface area contributed by atoms with E-state index in [4.69, 9.17) is 0 Å². The van der Waals surface area contributed by atoms with Gasteiger partial charge in [-0.1, -0.05) is 0 Å². The number of rotatable bonds is 0. The van der Waals surface area contributed by atoms with E-state index in [-0.39, 0.29) is 0 Å². The maximum absolute atomic E-state index is 13.1. The Bertz CT molecular complexity index is 305. The van der Waals surface area contributed by atoms with Crippen LogP contribution < -0.4 is 0 Å². The van der Waals surface area contributed by atoms with Gasteiger partial charge in [0.05, 0.1) is 0 Å². The van der Waals surface area contributed by atoms with Crippen LogP contribution in [-0.4, -0.2) is 0 Å². The highest BCUT2D eigenvalue weighted by Gasteiger charge is 2.14. The minimum atomic E-state index is -0.491. The molecule has 1 aliphatic carbocycles. The number of hydrogen-bond donors (Lipinski definition) is 0. The lowest BCUT2D eigenvalue weighted by atomic mass is 9.91. The zero-order valence-electron chi connectivity index (χ0n) is 6.53.